The molecule has 0 bridgehead atoms. The Labute approximate surface area is 74.7 Å². The number of ether oxygens (including phenoxy) is 1. The van der Waals surface area contributed by atoms with Crippen molar-refractivity contribution in [3.63, 3.8) is 0 Å². The number of nitrogens with zero attached hydrogens (tertiary/aromatic N) is 1. The van der Waals surface area contributed by atoms with Crippen LogP contribution in [0.5, 0.6) is 5.75 Å². The molecular formula is C8H10F2N2O. The van der Waals surface area contributed by atoms with E-state index in [1.54, 1.807) is 13.1 Å². The molecule has 72 valence electrons. The molecule has 3 nitrogen and oxygen atoms in total. The van der Waals surface area contributed by atoms with Crippen LogP contribution < -0.4 is 10.1 Å². The first kappa shape index (κ1) is 9.70. The summed E-state index contributed by atoms with van der Waals surface area (Å²) in [5, 5.41) is 2.78. The van der Waals surface area contributed by atoms with Crippen LogP contribution in [0.1, 0.15) is 0 Å². The molecule has 0 saturated heterocycles. The van der Waals surface area contributed by atoms with E-state index in [0.717, 1.165) is 0 Å². The second-order valence-corrected chi connectivity index (χ2v) is 2.33. The summed E-state index contributed by atoms with van der Waals surface area (Å²) in [7, 11) is 1.69. The van der Waals surface area contributed by atoms with Gasteiger partial charge in [0.1, 0.15) is 18.2 Å². The van der Waals surface area contributed by atoms with Gasteiger partial charge in [-0.05, 0) is 6.07 Å². The van der Waals surface area contributed by atoms with Gasteiger partial charge in [0.25, 0.3) is 6.43 Å². The molecule has 1 rings (SSSR count). The monoisotopic (exact) mass is 188 g/mol. The van der Waals surface area contributed by atoms with E-state index in [2.05, 4.69) is 10.3 Å². The van der Waals surface area contributed by atoms with Crippen LogP contribution in [0, 0.1) is 0 Å². The molecule has 1 aromatic heterocycles. The molecule has 0 amide bonds. The molecule has 0 radical (unpaired) electrons. The Kier molecular flexibility index (Phi) is 3.42. The molecule has 0 atom stereocenters. The Morgan fingerprint density at radius 1 is 1.62 bits per heavy atom. The zero-order chi connectivity index (χ0) is 9.68. The summed E-state index contributed by atoms with van der Waals surface area (Å²) in [5.74, 6) is 0.978. The second kappa shape index (κ2) is 4.59. The number of halogens is 2. The molecular weight excluding hydrogens is 178 g/mol. The van der Waals surface area contributed by atoms with Gasteiger partial charge in [-0.3, -0.25) is 0 Å². The second-order valence-electron chi connectivity index (χ2n) is 2.33. The van der Waals surface area contributed by atoms with Gasteiger partial charge in [-0.2, -0.15) is 0 Å². The van der Waals surface area contributed by atoms with Crippen LogP contribution in [0.15, 0.2) is 18.3 Å². The maximum Gasteiger partial charge on any atom is 0.272 e. The molecule has 0 aliphatic carbocycles. The third-order valence-electron chi connectivity index (χ3n) is 1.36. The van der Waals surface area contributed by atoms with Crippen LogP contribution >= 0.6 is 0 Å². The Bertz CT molecular complexity index is 268. The first-order chi connectivity index (χ1) is 6.22. The van der Waals surface area contributed by atoms with Crippen LogP contribution in [-0.4, -0.2) is 25.1 Å². The number of hydrogen-bond acceptors (Lipinski definition) is 3. The highest BCUT2D eigenvalue weighted by molar-refractivity contribution is 5.39. The van der Waals surface area contributed by atoms with Gasteiger partial charge in [-0.1, -0.05) is 0 Å². The van der Waals surface area contributed by atoms with Crippen LogP contribution in [0.25, 0.3) is 0 Å². The number of rotatable bonds is 4. The summed E-state index contributed by atoms with van der Waals surface area (Å²) in [6.45, 7) is -0.590. The minimum absolute atomic E-state index is 0.389. The molecule has 0 saturated carbocycles. The van der Waals surface area contributed by atoms with E-state index in [9.17, 15) is 8.78 Å². The van der Waals surface area contributed by atoms with Crippen molar-refractivity contribution in [1.29, 1.82) is 0 Å². The lowest BCUT2D eigenvalue weighted by Gasteiger charge is -2.05. The van der Waals surface area contributed by atoms with Crippen LogP contribution in [-0.2, 0) is 0 Å². The van der Waals surface area contributed by atoms with E-state index < -0.39 is 13.0 Å². The summed E-state index contributed by atoms with van der Waals surface area (Å²) in [5.41, 5.74) is 0. The first-order valence-electron chi connectivity index (χ1n) is 3.77. The fourth-order valence-electron chi connectivity index (χ4n) is 0.797. The van der Waals surface area contributed by atoms with E-state index >= 15 is 0 Å². The van der Waals surface area contributed by atoms with Crippen molar-refractivity contribution in [3.8, 4) is 5.75 Å². The Balaban J connectivity index is 2.56. The first-order valence-corrected chi connectivity index (χ1v) is 3.77. The summed E-state index contributed by atoms with van der Waals surface area (Å²) >= 11 is 0. The number of nitrogens with one attached hydrogen (secondary N) is 1. The number of anilines is 1. The van der Waals surface area contributed by atoms with Crippen LogP contribution in [0.3, 0.4) is 0 Å². The zero-order valence-electron chi connectivity index (χ0n) is 7.13. The quantitative estimate of drug-likeness (QED) is 0.781. The van der Waals surface area contributed by atoms with Gasteiger partial charge in [-0.25, -0.2) is 13.8 Å². The lowest BCUT2D eigenvalue weighted by Crippen LogP contribution is -2.07. The Morgan fingerprint density at radius 2 is 2.38 bits per heavy atom. The van der Waals surface area contributed by atoms with Crippen molar-refractivity contribution >= 4 is 5.82 Å². The average Bonchev–Trinajstić information content (AvgIpc) is 2.15. The van der Waals surface area contributed by atoms with Gasteiger partial charge in [0.05, 0.1) is 0 Å². The van der Waals surface area contributed by atoms with Gasteiger partial charge in [0, 0.05) is 19.3 Å². The SMILES string of the molecule is CNc1cc(OCC(F)F)ccn1. The predicted molar refractivity (Wildman–Crippen MR) is 45.3 cm³/mol. The standard InChI is InChI=1S/C8H10F2N2O/c1-11-8-4-6(2-3-12-8)13-5-7(9)10/h2-4,7H,5H2,1H3,(H,11,12). The van der Waals surface area contributed by atoms with Crippen molar-refractivity contribution < 1.29 is 13.5 Å². The van der Waals surface area contributed by atoms with Crippen molar-refractivity contribution in [1.82, 2.24) is 4.98 Å². The molecule has 1 aromatic rings. The Morgan fingerprint density at radius 3 is 3.00 bits per heavy atom. The van der Waals surface area contributed by atoms with E-state index in [-0.39, 0.29) is 0 Å². The van der Waals surface area contributed by atoms with E-state index in [1.807, 2.05) is 0 Å². The molecule has 0 spiro atoms. The molecule has 0 aromatic carbocycles. The summed E-state index contributed by atoms with van der Waals surface area (Å²) in [4.78, 5) is 3.91. The molecule has 1 N–H and O–H groups in total. The highest BCUT2D eigenvalue weighted by Crippen LogP contribution is 2.14. The molecule has 0 aliphatic heterocycles. The molecule has 0 unspecified atom stereocenters. The molecule has 0 aliphatic rings. The van der Waals surface area contributed by atoms with Crippen LogP contribution in [0.2, 0.25) is 0 Å². The summed E-state index contributed by atoms with van der Waals surface area (Å²) < 4.78 is 28.3. The lowest BCUT2D eigenvalue weighted by molar-refractivity contribution is 0.0819. The fourth-order valence-corrected chi connectivity index (χ4v) is 0.797. The maximum absolute atomic E-state index is 11.7. The van der Waals surface area contributed by atoms with Crippen molar-refractivity contribution in [3.05, 3.63) is 18.3 Å². The van der Waals surface area contributed by atoms with Gasteiger partial charge >= 0.3 is 0 Å². The number of hydrogen-bond donors (Lipinski definition) is 1. The zero-order valence-corrected chi connectivity index (χ0v) is 7.13. The van der Waals surface area contributed by atoms with Gasteiger partial charge in [0.15, 0.2) is 0 Å². The largest absolute Gasteiger partial charge is 0.487 e. The normalized spacial score (nSPS) is 10.2. The Hall–Kier alpha value is -1.39. The van der Waals surface area contributed by atoms with Crippen LogP contribution in [0.4, 0.5) is 14.6 Å². The predicted octanol–water partition coefficient (Wildman–Crippen LogP) is 1.77. The molecule has 0 fully saturated rings. The topological polar surface area (TPSA) is 34.1 Å². The van der Waals surface area contributed by atoms with E-state index in [0.29, 0.717) is 11.6 Å². The summed E-state index contributed by atoms with van der Waals surface area (Å²) in [6, 6.07) is 3.09. The number of alkyl halides is 2. The van der Waals surface area contributed by atoms with Gasteiger partial charge in [-0.15, -0.1) is 0 Å². The third-order valence-corrected chi connectivity index (χ3v) is 1.36. The number of pyridine rings is 1. The summed E-state index contributed by atoms with van der Waals surface area (Å²) in [6.07, 6.45) is -0.960. The minimum Gasteiger partial charge on any atom is -0.487 e. The molecule has 5 heteroatoms. The smallest absolute Gasteiger partial charge is 0.272 e. The maximum atomic E-state index is 11.7. The van der Waals surface area contributed by atoms with Gasteiger partial charge in [0.2, 0.25) is 0 Å². The van der Waals surface area contributed by atoms with Crippen molar-refractivity contribution in [2.24, 2.45) is 0 Å². The van der Waals surface area contributed by atoms with Crippen molar-refractivity contribution in [2.45, 2.75) is 6.43 Å². The highest BCUT2D eigenvalue weighted by atomic mass is 19.3. The fraction of sp³-hybridized carbons (Fsp3) is 0.375. The minimum atomic E-state index is -2.45. The van der Waals surface area contributed by atoms with Gasteiger partial charge < -0.3 is 10.1 Å². The van der Waals surface area contributed by atoms with E-state index in [4.69, 9.17) is 4.74 Å². The lowest BCUT2D eigenvalue weighted by atomic mass is 10.4. The van der Waals surface area contributed by atoms with Crippen molar-refractivity contribution in [2.75, 3.05) is 19.0 Å². The van der Waals surface area contributed by atoms with E-state index in [1.165, 1.54) is 12.3 Å². The highest BCUT2D eigenvalue weighted by Gasteiger charge is 2.03. The number of aromatic nitrogens is 1. The molecule has 1 heterocycles. The average molecular weight is 188 g/mol. The third kappa shape index (κ3) is 3.23. The molecule has 13 heavy (non-hydrogen) atoms.